The van der Waals surface area contributed by atoms with Crippen LogP contribution >= 0.6 is 0 Å². The van der Waals surface area contributed by atoms with Gasteiger partial charge in [0.05, 0.1) is 29.8 Å². The zero-order chi connectivity index (χ0) is 12.1. The summed E-state index contributed by atoms with van der Waals surface area (Å²) in [5, 5.41) is 18.5. The Morgan fingerprint density at radius 1 is 1.31 bits per heavy atom. The number of aromatic nitrogens is 1. The molecule has 0 aliphatic heterocycles. The van der Waals surface area contributed by atoms with Crippen LogP contribution < -0.4 is 4.90 Å². The molecule has 0 fully saturated rings. The molecular formula is C12H20N2O2. The minimum atomic E-state index is -0.531. The van der Waals surface area contributed by atoms with E-state index in [-0.39, 0.29) is 6.10 Å². The third-order valence-electron chi connectivity index (χ3n) is 2.52. The average Bonchev–Trinajstić information content (AvgIpc) is 2.26. The van der Waals surface area contributed by atoms with Gasteiger partial charge in [-0.25, -0.2) is 0 Å². The number of nitrogens with zero attached hydrogens (tertiary/aromatic N) is 2. The lowest BCUT2D eigenvalue weighted by Gasteiger charge is -2.20. The second-order valence-electron chi connectivity index (χ2n) is 4.18. The molecule has 4 heteroatoms. The highest BCUT2D eigenvalue weighted by atomic mass is 16.3. The molecule has 1 heterocycles. The van der Waals surface area contributed by atoms with Gasteiger partial charge in [0.25, 0.3) is 0 Å². The fourth-order valence-electron chi connectivity index (χ4n) is 1.38. The Hall–Kier alpha value is -1.13. The second-order valence-corrected chi connectivity index (χ2v) is 4.18. The van der Waals surface area contributed by atoms with E-state index >= 15 is 0 Å². The minimum absolute atomic E-state index is 0.285. The zero-order valence-electron chi connectivity index (χ0n) is 10.1. The van der Waals surface area contributed by atoms with Gasteiger partial charge in [0.1, 0.15) is 0 Å². The van der Waals surface area contributed by atoms with Crippen molar-refractivity contribution >= 4 is 5.69 Å². The summed E-state index contributed by atoms with van der Waals surface area (Å²) in [6, 6.07) is 3.75. The van der Waals surface area contributed by atoms with E-state index in [2.05, 4.69) is 4.98 Å². The first kappa shape index (κ1) is 12.9. The molecule has 1 unspecified atom stereocenters. The predicted molar refractivity (Wildman–Crippen MR) is 64.4 cm³/mol. The molecule has 0 aliphatic carbocycles. The number of pyridine rings is 1. The molecule has 16 heavy (non-hydrogen) atoms. The van der Waals surface area contributed by atoms with Crippen LogP contribution in [0.3, 0.4) is 0 Å². The van der Waals surface area contributed by atoms with Crippen LogP contribution in [0.25, 0.3) is 0 Å². The van der Waals surface area contributed by atoms with Crippen molar-refractivity contribution in [3.05, 3.63) is 24.0 Å². The molecule has 1 aromatic heterocycles. The molecule has 4 nitrogen and oxygen atoms in total. The first-order chi connectivity index (χ1) is 7.50. The van der Waals surface area contributed by atoms with Crippen LogP contribution in [0.15, 0.2) is 18.3 Å². The van der Waals surface area contributed by atoms with E-state index in [1.54, 1.807) is 20.0 Å². The summed E-state index contributed by atoms with van der Waals surface area (Å²) < 4.78 is 0. The lowest BCUT2D eigenvalue weighted by molar-refractivity contribution is 0.187. The SMILES string of the molecule is CC(O)CCN(C)c1ccc([C@@H](C)O)nc1. The maximum Gasteiger partial charge on any atom is 0.0931 e. The van der Waals surface area contributed by atoms with Gasteiger partial charge in [0.15, 0.2) is 0 Å². The monoisotopic (exact) mass is 224 g/mol. The van der Waals surface area contributed by atoms with Gasteiger partial charge in [-0.15, -0.1) is 0 Å². The third-order valence-corrected chi connectivity index (χ3v) is 2.52. The van der Waals surface area contributed by atoms with Gasteiger partial charge < -0.3 is 15.1 Å². The molecule has 0 aromatic carbocycles. The van der Waals surface area contributed by atoms with Crippen molar-refractivity contribution < 1.29 is 10.2 Å². The number of aliphatic hydroxyl groups excluding tert-OH is 2. The van der Waals surface area contributed by atoms with Crippen LogP contribution in [0.4, 0.5) is 5.69 Å². The average molecular weight is 224 g/mol. The Labute approximate surface area is 96.6 Å². The highest BCUT2D eigenvalue weighted by Gasteiger charge is 2.05. The highest BCUT2D eigenvalue weighted by Crippen LogP contribution is 2.15. The summed E-state index contributed by atoms with van der Waals surface area (Å²) in [6.45, 7) is 4.26. The van der Waals surface area contributed by atoms with E-state index in [1.807, 2.05) is 24.1 Å². The molecule has 0 saturated heterocycles. The van der Waals surface area contributed by atoms with Crippen molar-refractivity contribution in [1.29, 1.82) is 0 Å². The predicted octanol–water partition coefficient (Wildman–Crippen LogP) is 1.34. The van der Waals surface area contributed by atoms with Crippen molar-refractivity contribution in [3.63, 3.8) is 0 Å². The Balaban J connectivity index is 2.59. The van der Waals surface area contributed by atoms with Crippen LogP contribution in [-0.2, 0) is 0 Å². The molecule has 0 aliphatic rings. The molecular weight excluding hydrogens is 204 g/mol. The van der Waals surface area contributed by atoms with E-state index in [1.165, 1.54) is 0 Å². The fourth-order valence-corrected chi connectivity index (χ4v) is 1.38. The zero-order valence-corrected chi connectivity index (χ0v) is 10.1. The maximum atomic E-state index is 9.32. The van der Waals surface area contributed by atoms with Gasteiger partial charge in [0, 0.05) is 13.6 Å². The first-order valence-corrected chi connectivity index (χ1v) is 5.54. The summed E-state index contributed by atoms with van der Waals surface area (Å²) >= 11 is 0. The Morgan fingerprint density at radius 2 is 2.00 bits per heavy atom. The largest absolute Gasteiger partial charge is 0.393 e. The number of hydrogen-bond donors (Lipinski definition) is 2. The molecule has 0 saturated carbocycles. The minimum Gasteiger partial charge on any atom is -0.393 e. The van der Waals surface area contributed by atoms with Crippen LogP contribution in [-0.4, -0.2) is 34.9 Å². The van der Waals surface area contributed by atoms with E-state index < -0.39 is 6.10 Å². The van der Waals surface area contributed by atoms with Gasteiger partial charge >= 0.3 is 0 Å². The molecule has 0 radical (unpaired) electrons. The Kier molecular flexibility index (Phi) is 4.71. The molecule has 90 valence electrons. The summed E-state index contributed by atoms with van der Waals surface area (Å²) in [7, 11) is 1.96. The second kappa shape index (κ2) is 5.82. The summed E-state index contributed by atoms with van der Waals surface area (Å²) in [4.78, 5) is 6.21. The van der Waals surface area contributed by atoms with Crippen molar-refractivity contribution in [2.24, 2.45) is 0 Å². The van der Waals surface area contributed by atoms with E-state index in [0.29, 0.717) is 5.69 Å². The smallest absolute Gasteiger partial charge is 0.0931 e. The lowest BCUT2D eigenvalue weighted by Crippen LogP contribution is -2.22. The number of aliphatic hydroxyl groups is 2. The highest BCUT2D eigenvalue weighted by molar-refractivity contribution is 5.43. The van der Waals surface area contributed by atoms with Gasteiger partial charge in [-0.2, -0.15) is 0 Å². The molecule has 0 bridgehead atoms. The van der Waals surface area contributed by atoms with Crippen LogP contribution in [0.2, 0.25) is 0 Å². The van der Waals surface area contributed by atoms with Crippen LogP contribution in [0, 0.1) is 0 Å². The number of anilines is 1. The quantitative estimate of drug-likeness (QED) is 0.792. The van der Waals surface area contributed by atoms with Crippen molar-refractivity contribution in [2.75, 3.05) is 18.5 Å². The molecule has 1 rings (SSSR count). The van der Waals surface area contributed by atoms with Gasteiger partial charge in [-0.1, -0.05) is 0 Å². The molecule has 0 amide bonds. The summed E-state index contributed by atoms with van der Waals surface area (Å²) in [6.07, 6.45) is 1.66. The Bertz CT molecular complexity index is 309. The van der Waals surface area contributed by atoms with E-state index in [0.717, 1.165) is 18.7 Å². The van der Waals surface area contributed by atoms with Crippen LogP contribution in [0.1, 0.15) is 32.1 Å². The van der Waals surface area contributed by atoms with Gasteiger partial charge in [-0.3, -0.25) is 4.98 Å². The summed E-state index contributed by atoms with van der Waals surface area (Å²) in [5.41, 5.74) is 1.66. The van der Waals surface area contributed by atoms with Crippen molar-refractivity contribution in [3.8, 4) is 0 Å². The van der Waals surface area contributed by atoms with Crippen molar-refractivity contribution in [1.82, 2.24) is 4.98 Å². The standard InChI is InChI=1S/C12H20N2O2/c1-9(15)6-7-14(3)11-4-5-12(10(2)16)13-8-11/h4-5,8-10,15-16H,6-7H2,1-3H3/t9?,10-/m1/s1. The van der Waals surface area contributed by atoms with Gasteiger partial charge in [0.2, 0.25) is 0 Å². The lowest BCUT2D eigenvalue weighted by atomic mass is 10.2. The summed E-state index contributed by atoms with van der Waals surface area (Å²) in [5.74, 6) is 0. The molecule has 2 N–H and O–H groups in total. The fraction of sp³-hybridized carbons (Fsp3) is 0.583. The van der Waals surface area contributed by atoms with Crippen molar-refractivity contribution in [2.45, 2.75) is 32.5 Å². The Morgan fingerprint density at radius 3 is 2.44 bits per heavy atom. The third kappa shape index (κ3) is 3.79. The van der Waals surface area contributed by atoms with E-state index in [4.69, 9.17) is 0 Å². The molecule has 1 aromatic rings. The maximum absolute atomic E-state index is 9.32. The first-order valence-electron chi connectivity index (χ1n) is 5.54. The molecule has 2 atom stereocenters. The van der Waals surface area contributed by atoms with Crippen LogP contribution in [0.5, 0.6) is 0 Å². The number of rotatable bonds is 5. The number of hydrogen-bond acceptors (Lipinski definition) is 4. The van der Waals surface area contributed by atoms with Gasteiger partial charge in [-0.05, 0) is 32.4 Å². The normalized spacial score (nSPS) is 14.6. The van der Waals surface area contributed by atoms with E-state index in [9.17, 15) is 10.2 Å². The molecule has 0 spiro atoms. The topological polar surface area (TPSA) is 56.6 Å².